The molecule has 1 fully saturated rings. The number of esters is 1. The Bertz CT molecular complexity index is 542. The third kappa shape index (κ3) is 2.16. The summed E-state index contributed by atoms with van der Waals surface area (Å²) in [5.41, 5.74) is 2.23. The van der Waals surface area contributed by atoms with Crippen LogP contribution in [0.4, 0.5) is 0 Å². The summed E-state index contributed by atoms with van der Waals surface area (Å²) >= 11 is 0. The molecule has 1 aliphatic heterocycles. The predicted octanol–water partition coefficient (Wildman–Crippen LogP) is 1.72. The quantitative estimate of drug-likeness (QED) is 0.836. The zero-order chi connectivity index (χ0) is 14.1. The number of carbonyl (C=O) groups is 2. The van der Waals surface area contributed by atoms with Crippen LogP contribution in [-0.2, 0) is 11.2 Å². The fraction of sp³-hybridized carbons (Fsp3) is 0.600. The highest BCUT2D eigenvalue weighted by atomic mass is 16.5. The molecule has 1 aromatic rings. The smallest absolute Gasteiger partial charge is 0.339 e. The Labute approximate surface area is 118 Å². The van der Waals surface area contributed by atoms with Crippen LogP contribution in [0, 0.1) is 0 Å². The number of hydrogen-bond donors (Lipinski definition) is 1. The van der Waals surface area contributed by atoms with E-state index in [1.165, 1.54) is 7.11 Å². The Morgan fingerprint density at radius 1 is 1.35 bits per heavy atom. The van der Waals surface area contributed by atoms with Crippen molar-refractivity contribution in [1.82, 2.24) is 9.88 Å². The van der Waals surface area contributed by atoms with Gasteiger partial charge in [0.2, 0.25) is 0 Å². The summed E-state index contributed by atoms with van der Waals surface area (Å²) in [7, 11) is 1.39. The predicted molar refractivity (Wildman–Crippen MR) is 74.2 cm³/mol. The van der Waals surface area contributed by atoms with Crippen LogP contribution in [0.3, 0.4) is 0 Å². The lowest BCUT2D eigenvalue weighted by Gasteiger charge is -2.27. The lowest BCUT2D eigenvalue weighted by molar-refractivity contribution is 0.0599. The first kappa shape index (κ1) is 13.4. The molecule has 0 amide bonds. The van der Waals surface area contributed by atoms with Crippen LogP contribution in [0.25, 0.3) is 0 Å². The van der Waals surface area contributed by atoms with E-state index in [1.807, 2.05) is 10.8 Å². The van der Waals surface area contributed by atoms with Crippen molar-refractivity contribution in [3.8, 4) is 0 Å². The van der Waals surface area contributed by atoms with Crippen molar-refractivity contribution in [3.63, 3.8) is 0 Å². The van der Waals surface area contributed by atoms with Gasteiger partial charge in [-0.25, -0.2) is 4.79 Å². The van der Waals surface area contributed by atoms with E-state index in [0.29, 0.717) is 18.0 Å². The molecule has 0 saturated carbocycles. The summed E-state index contributed by atoms with van der Waals surface area (Å²) in [6, 6.07) is 0.311. The Morgan fingerprint density at radius 3 is 2.80 bits per heavy atom. The lowest BCUT2D eigenvalue weighted by Crippen LogP contribution is -2.30. The van der Waals surface area contributed by atoms with Crippen LogP contribution in [-0.4, -0.2) is 36.5 Å². The summed E-state index contributed by atoms with van der Waals surface area (Å²) < 4.78 is 6.91. The first-order valence-corrected chi connectivity index (χ1v) is 7.28. The number of nitrogens with zero attached hydrogens (tertiary/aromatic N) is 1. The number of ether oxygens (including phenoxy) is 1. The van der Waals surface area contributed by atoms with E-state index in [9.17, 15) is 9.59 Å². The van der Waals surface area contributed by atoms with E-state index in [2.05, 4.69) is 5.32 Å². The molecule has 1 N–H and O–H groups in total. The minimum absolute atomic E-state index is 0.167. The number of methoxy groups -OCH3 is 1. The average Bonchev–Trinajstić information content (AvgIpc) is 2.88. The van der Waals surface area contributed by atoms with Crippen molar-refractivity contribution >= 4 is 11.8 Å². The maximum absolute atomic E-state index is 12.3. The minimum Gasteiger partial charge on any atom is -0.465 e. The molecule has 0 spiro atoms. The summed E-state index contributed by atoms with van der Waals surface area (Å²) in [5.74, 6) is -0.163. The van der Waals surface area contributed by atoms with Crippen molar-refractivity contribution in [3.05, 3.63) is 23.0 Å². The summed E-state index contributed by atoms with van der Waals surface area (Å²) in [4.78, 5) is 24.2. The van der Waals surface area contributed by atoms with E-state index in [1.54, 1.807) is 0 Å². The van der Waals surface area contributed by atoms with Gasteiger partial charge in [-0.3, -0.25) is 4.79 Å². The third-order valence-electron chi connectivity index (χ3n) is 4.34. The molecule has 3 rings (SSSR count). The second kappa shape index (κ2) is 5.40. The van der Waals surface area contributed by atoms with Crippen LogP contribution < -0.4 is 5.32 Å². The molecule has 5 nitrogen and oxygen atoms in total. The Hall–Kier alpha value is -1.62. The molecule has 1 saturated heterocycles. The van der Waals surface area contributed by atoms with Crippen LogP contribution in [0.2, 0.25) is 0 Å². The highest BCUT2D eigenvalue weighted by Crippen LogP contribution is 2.32. The van der Waals surface area contributed by atoms with E-state index < -0.39 is 0 Å². The fourth-order valence-corrected chi connectivity index (χ4v) is 3.33. The van der Waals surface area contributed by atoms with Gasteiger partial charge in [0.15, 0.2) is 5.78 Å². The molecule has 1 aromatic heterocycles. The molecule has 20 heavy (non-hydrogen) atoms. The number of Topliss-reactive ketones (excluding diaryl/α,β-unsaturated/α-hetero) is 1. The van der Waals surface area contributed by atoms with Gasteiger partial charge in [0.25, 0.3) is 0 Å². The van der Waals surface area contributed by atoms with Crippen molar-refractivity contribution in [2.24, 2.45) is 0 Å². The molecular formula is C15H20N2O3. The zero-order valence-electron chi connectivity index (χ0n) is 11.8. The highest BCUT2D eigenvalue weighted by Gasteiger charge is 2.31. The number of hydrogen-bond acceptors (Lipinski definition) is 4. The van der Waals surface area contributed by atoms with Crippen LogP contribution >= 0.6 is 0 Å². The van der Waals surface area contributed by atoms with Gasteiger partial charge in [-0.05, 0) is 44.3 Å². The van der Waals surface area contributed by atoms with Gasteiger partial charge in [-0.2, -0.15) is 0 Å². The molecule has 1 aliphatic carbocycles. The summed E-state index contributed by atoms with van der Waals surface area (Å²) in [5, 5.41) is 3.33. The molecule has 0 aromatic carbocycles. The number of piperidine rings is 1. The van der Waals surface area contributed by atoms with Crippen molar-refractivity contribution in [1.29, 1.82) is 0 Å². The molecule has 2 aliphatic rings. The largest absolute Gasteiger partial charge is 0.465 e. The Morgan fingerprint density at radius 2 is 2.10 bits per heavy atom. The third-order valence-corrected chi connectivity index (χ3v) is 4.34. The zero-order valence-corrected chi connectivity index (χ0v) is 11.8. The van der Waals surface area contributed by atoms with Crippen molar-refractivity contribution in [2.75, 3.05) is 20.2 Å². The van der Waals surface area contributed by atoms with E-state index in [4.69, 9.17) is 4.74 Å². The van der Waals surface area contributed by atoms with Crippen molar-refractivity contribution in [2.45, 2.75) is 38.1 Å². The topological polar surface area (TPSA) is 60.3 Å². The molecule has 108 valence electrons. The lowest BCUT2D eigenvalue weighted by atomic mass is 9.93. The minimum atomic E-state index is -0.330. The van der Waals surface area contributed by atoms with Crippen LogP contribution in [0.1, 0.15) is 58.1 Å². The van der Waals surface area contributed by atoms with Gasteiger partial charge < -0.3 is 14.6 Å². The van der Waals surface area contributed by atoms with Crippen LogP contribution in [0.5, 0.6) is 0 Å². The van der Waals surface area contributed by atoms with Gasteiger partial charge >= 0.3 is 5.97 Å². The average molecular weight is 276 g/mol. The van der Waals surface area contributed by atoms with Gasteiger partial charge in [0, 0.05) is 18.7 Å². The van der Waals surface area contributed by atoms with E-state index in [-0.39, 0.29) is 11.8 Å². The SMILES string of the molecule is COC(=O)c1cn(C2CCNCC2)c2c1CCCC2=O. The summed E-state index contributed by atoms with van der Waals surface area (Å²) in [6.07, 6.45) is 6.04. The normalized spacial score (nSPS) is 19.8. The number of fused-ring (bicyclic) bond motifs is 1. The number of carbonyl (C=O) groups excluding carboxylic acids is 2. The second-order valence-corrected chi connectivity index (χ2v) is 5.53. The molecule has 2 heterocycles. The monoisotopic (exact) mass is 276 g/mol. The maximum Gasteiger partial charge on any atom is 0.339 e. The van der Waals surface area contributed by atoms with Gasteiger partial charge in [-0.15, -0.1) is 0 Å². The van der Waals surface area contributed by atoms with Crippen molar-refractivity contribution < 1.29 is 14.3 Å². The number of aromatic nitrogens is 1. The maximum atomic E-state index is 12.3. The van der Waals surface area contributed by atoms with Gasteiger partial charge in [0.1, 0.15) is 0 Å². The molecule has 5 heteroatoms. The number of nitrogens with one attached hydrogen (secondary N) is 1. The van der Waals surface area contributed by atoms with E-state index in [0.717, 1.165) is 50.0 Å². The standard InChI is InChI=1S/C15H20N2O3/c1-20-15(19)12-9-17(10-5-7-16-8-6-10)14-11(12)3-2-4-13(14)18/h9-10,16H,2-8H2,1H3. The summed E-state index contributed by atoms with van der Waals surface area (Å²) in [6.45, 7) is 1.92. The number of rotatable bonds is 2. The van der Waals surface area contributed by atoms with Gasteiger partial charge in [0.05, 0.1) is 18.4 Å². The molecule has 0 radical (unpaired) electrons. The van der Waals surface area contributed by atoms with E-state index >= 15 is 0 Å². The Balaban J connectivity index is 2.06. The second-order valence-electron chi connectivity index (χ2n) is 5.53. The van der Waals surface area contributed by atoms with Crippen LogP contribution in [0.15, 0.2) is 6.20 Å². The molecule has 0 unspecified atom stereocenters. The molecule has 0 bridgehead atoms. The molecule has 0 atom stereocenters. The molecular weight excluding hydrogens is 256 g/mol. The fourth-order valence-electron chi connectivity index (χ4n) is 3.33. The first-order valence-electron chi connectivity index (χ1n) is 7.28. The number of ketones is 1. The highest BCUT2D eigenvalue weighted by molar-refractivity contribution is 6.02. The Kier molecular flexibility index (Phi) is 3.61. The van der Waals surface area contributed by atoms with Gasteiger partial charge in [-0.1, -0.05) is 0 Å². The first-order chi connectivity index (χ1) is 9.72.